The molecule has 0 N–H and O–H groups in total. The van der Waals surface area contributed by atoms with Crippen LogP contribution < -0.4 is 4.70 Å². The van der Waals surface area contributed by atoms with Gasteiger partial charge in [-0.25, -0.2) is 4.98 Å². The lowest BCUT2D eigenvalue weighted by Crippen LogP contribution is -3.00. The molecular formula is C4H13BF4N2. The van der Waals surface area contributed by atoms with Crippen molar-refractivity contribution in [3.63, 3.8) is 0 Å². The summed E-state index contributed by atoms with van der Waals surface area (Å²) in [5.41, 5.74) is 0. The van der Waals surface area contributed by atoms with Crippen LogP contribution in [0.5, 0.6) is 0 Å². The highest BCUT2D eigenvalue weighted by atomic mass is 19.0. The van der Waals surface area contributed by atoms with E-state index in [1.807, 2.05) is 17.8 Å². The molecule has 1 rings (SSSR count). The van der Waals surface area contributed by atoms with E-state index in [9.17, 15) is 0 Å². The number of imidazole rings is 1. The van der Waals surface area contributed by atoms with Crippen LogP contribution in [0.25, 0.3) is 0 Å². The monoisotopic (exact) mass is 176 g/mol. The first-order valence-electron chi connectivity index (χ1n) is 1.81. The van der Waals surface area contributed by atoms with E-state index in [2.05, 4.69) is 4.98 Å². The van der Waals surface area contributed by atoms with E-state index >= 15 is 0 Å². The van der Waals surface area contributed by atoms with Crippen molar-refractivity contribution in [1.82, 2.24) is 9.55 Å². The summed E-state index contributed by atoms with van der Waals surface area (Å²) in [5.74, 6) is 0. The molecule has 0 saturated heterocycles. The van der Waals surface area contributed by atoms with Crippen molar-refractivity contribution in [2.24, 2.45) is 7.05 Å². The van der Waals surface area contributed by atoms with Crippen LogP contribution >= 0.6 is 0 Å². The third-order valence-corrected chi connectivity index (χ3v) is 0.637. The molecule has 0 aliphatic rings. The van der Waals surface area contributed by atoms with Gasteiger partial charge < -0.3 is 9.27 Å². The molecular weight excluding hydrogens is 163 g/mol. The minimum atomic E-state index is 0. The summed E-state index contributed by atoms with van der Waals surface area (Å²) in [6.45, 7) is 0. The van der Waals surface area contributed by atoms with Crippen molar-refractivity contribution in [2.75, 3.05) is 0 Å². The van der Waals surface area contributed by atoms with E-state index < -0.39 is 0 Å². The Bertz CT molecular complexity index is 129. The van der Waals surface area contributed by atoms with Crippen LogP contribution in [0.1, 0.15) is 1.43 Å². The number of nitrogens with zero attached hydrogens (tertiary/aromatic N) is 2. The molecule has 0 bridgehead atoms. The number of hydrogen-bond donors (Lipinski definition) is 0. The van der Waals surface area contributed by atoms with Gasteiger partial charge in [0.15, 0.2) is 0 Å². The van der Waals surface area contributed by atoms with Gasteiger partial charge in [-0.3, -0.25) is 14.1 Å². The van der Waals surface area contributed by atoms with Gasteiger partial charge >= 0.3 is 1.43 Å². The van der Waals surface area contributed by atoms with Crippen LogP contribution in [-0.4, -0.2) is 18.0 Å². The Morgan fingerprint density at radius 2 is 1.73 bits per heavy atom. The number of aromatic nitrogens is 2. The Hall–Kier alpha value is -1.01. The molecule has 0 aliphatic carbocycles. The summed E-state index contributed by atoms with van der Waals surface area (Å²) in [6.07, 6.45) is 5.39. The van der Waals surface area contributed by atoms with E-state index in [0.29, 0.717) is 0 Å². The lowest BCUT2D eigenvalue weighted by Gasteiger charge is -1.76. The average molecular weight is 176 g/mol. The van der Waals surface area contributed by atoms with Crippen molar-refractivity contribution in [3.05, 3.63) is 18.7 Å². The second kappa shape index (κ2) is 16.0. The molecule has 2 nitrogen and oxygen atoms in total. The molecule has 0 amide bonds. The smallest absolute Gasteiger partial charge is 1.00 e. The van der Waals surface area contributed by atoms with Gasteiger partial charge in [0.2, 0.25) is 0 Å². The molecule has 0 aliphatic heterocycles. The maximum absolute atomic E-state index is 3.78. The molecule has 1 heterocycles. The molecule has 70 valence electrons. The first-order chi connectivity index (χ1) is 2.89. The first kappa shape index (κ1) is 32.4. The Labute approximate surface area is 65.2 Å². The summed E-state index contributed by atoms with van der Waals surface area (Å²) < 4.78 is 1.89. The molecule has 11 heavy (non-hydrogen) atoms. The summed E-state index contributed by atoms with van der Waals surface area (Å²) in [5, 5.41) is 0. The van der Waals surface area contributed by atoms with Gasteiger partial charge in [0.05, 0.1) is 14.7 Å². The van der Waals surface area contributed by atoms with Crippen molar-refractivity contribution in [3.8, 4) is 0 Å². The fraction of sp³-hybridized carbons (Fsp3) is 0.250. The van der Waals surface area contributed by atoms with Gasteiger partial charge in [0.25, 0.3) is 0 Å². The topological polar surface area (TPSA) is 17.8 Å². The third-order valence-electron chi connectivity index (χ3n) is 0.637. The van der Waals surface area contributed by atoms with E-state index in [-0.39, 0.29) is 28.7 Å². The highest BCUT2D eigenvalue weighted by molar-refractivity contribution is 5.75. The summed E-state index contributed by atoms with van der Waals surface area (Å²) in [4.78, 5) is 3.78. The predicted octanol–water partition coefficient (Wildman–Crippen LogP) is -3.19. The van der Waals surface area contributed by atoms with Gasteiger partial charge in [-0.2, -0.15) is 0 Å². The second-order valence-corrected chi connectivity index (χ2v) is 1.23. The normalized spacial score (nSPS) is 4.82. The molecule has 0 aromatic carbocycles. The molecule has 0 fully saturated rings. The lowest BCUT2D eigenvalue weighted by atomic mass is 10.8. The zero-order valence-electron chi connectivity index (χ0n) is 6.23. The van der Waals surface area contributed by atoms with Crippen molar-refractivity contribution < 1.29 is 20.2 Å². The number of halogens is 4. The van der Waals surface area contributed by atoms with Crippen LogP contribution in [0.15, 0.2) is 18.7 Å². The highest BCUT2D eigenvalue weighted by Gasteiger charge is 1.69. The number of rotatable bonds is 0. The van der Waals surface area contributed by atoms with Crippen LogP contribution in [0.3, 0.4) is 0 Å². The van der Waals surface area contributed by atoms with Gasteiger partial charge in [0, 0.05) is 19.4 Å². The maximum atomic E-state index is 3.78. The van der Waals surface area contributed by atoms with Crippen LogP contribution in [0.2, 0.25) is 0 Å². The van der Waals surface area contributed by atoms with E-state index in [4.69, 9.17) is 0 Å². The van der Waals surface area contributed by atoms with Gasteiger partial charge in [-0.15, -0.1) is 0 Å². The number of aryl methyl sites for hydroxylation is 1. The standard InChI is InChI=1S/C4H6N2.BH3.4FH/c1-6-3-2-5-4-6;;;;;/h2-4H,1H3;1H3;4*1H. The highest BCUT2D eigenvalue weighted by Crippen LogP contribution is 1.73. The largest absolute Gasteiger partial charge is 1.00 e. The van der Waals surface area contributed by atoms with Crippen molar-refractivity contribution >= 4 is 8.41 Å². The molecule has 1 aromatic heterocycles. The fourth-order valence-corrected chi connectivity index (χ4v) is 0.326. The van der Waals surface area contributed by atoms with E-state index in [0.717, 1.165) is 0 Å². The molecule has 0 unspecified atom stereocenters. The zero-order chi connectivity index (χ0) is 4.41. The molecule has 7 heteroatoms. The van der Waals surface area contributed by atoms with Crippen LogP contribution in [0, 0.1) is 0 Å². The Kier molecular flexibility index (Phi) is 47.1. The van der Waals surface area contributed by atoms with Crippen LogP contribution in [-0.2, 0) is 7.05 Å². The van der Waals surface area contributed by atoms with Crippen LogP contribution in [0.4, 0.5) is 14.1 Å². The minimum absolute atomic E-state index is 0. The minimum Gasteiger partial charge on any atom is -1.00 e. The summed E-state index contributed by atoms with van der Waals surface area (Å²) in [7, 11) is 1.94. The molecule has 0 radical (unpaired) electrons. The summed E-state index contributed by atoms with van der Waals surface area (Å²) >= 11 is 0. The first-order valence-corrected chi connectivity index (χ1v) is 1.81. The quantitative estimate of drug-likeness (QED) is 0.301. The molecule has 1 aromatic rings. The Morgan fingerprint density at radius 3 is 1.82 bits per heavy atom. The lowest BCUT2D eigenvalue weighted by molar-refractivity contribution is -0.00000426. The third kappa shape index (κ3) is 12.2. The van der Waals surface area contributed by atoms with Gasteiger partial charge in [-0.05, 0) is 0 Å². The molecule has 0 saturated carbocycles. The zero-order valence-corrected chi connectivity index (χ0v) is 5.23. The van der Waals surface area contributed by atoms with Crippen molar-refractivity contribution in [1.29, 1.82) is 0 Å². The van der Waals surface area contributed by atoms with Gasteiger partial charge in [-0.1, -0.05) is 0 Å². The summed E-state index contributed by atoms with van der Waals surface area (Å²) in [6, 6.07) is 0. The SMILES string of the molecule is B.Cn1ccnc1.F.F.F.[F-].[H+]. The van der Waals surface area contributed by atoms with Gasteiger partial charge in [0.1, 0.15) is 0 Å². The second-order valence-electron chi connectivity index (χ2n) is 1.23. The van der Waals surface area contributed by atoms with E-state index in [1.165, 1.54) is 0 Å². The molecule has 0 spiro atoms. The fourth-order valence-electron chi connectivity index (χ4n) is 0.326. The van der Waals surface area contributed by atoms with E-state index in [1.54, 1.807) is 12.5 Å². The van der Waals surface area contributed by atoms with Crippen molar-refractivity contribution in [2.45, 2.75) is 0 Å². The number of hydrogen-bond acceptors (Lipinski definition) is 1. The average Bonchev–Trinajstić information content (AvgIpc) is 1.86. The Balaban J connectivity index is -0.0000000150. The predicted molar refractivity (Wildman–Crippen MR) is 41.8 cm³/mol. The Morgan fingerprint density at radius 1 is 1.27 bits per heavy atom. The maximum Gasteiger partial charge on any atom is 1.00 e. The molecule has 0 atom stereocenters.